The summed E-state index contributed by atoms with van der Waals surface area (Å²) in [5.41, 5.74) is 0. The van der Waals surface area contributed by atoms with Crippen LogP contribution in [0.25, 0.3) is 0 Å². The molecule has 3 heterocycles. The predicted octanol–water partition coefficient (Wildman–Crippen LogP) is 2.26. The zero-order valence-corrected chi connectivity index (χ0v) is 13.1. The first kappa shape index (κ1) is 15.0. The third-order valence-electron chi connectivity index (χ3n) is 3.77. The van der Waals surface area contributed by atoms with Crippen LogP contribution < -0.4 is 0 Å². The molecule has 1 aliphatic heterocycles. The van der Waals surface area contributed by atoms with Gasteiger partial charge in [-0.3, -0.25) is 14.5 Å². The normalized spacial score (nSPS) is 16.5. The van der Waals surface area contributed by atoms with Gasteiger partial charge < -0.3 is 9.32 Å². The van der Waals surface area contributed by atoms with Crippen molar-refractivity contribution in [2.75, 3.05) is 26.2 Å². The number of rotatable bonds is 4. The van der Waals surface area contributed by atoms with Gasteiger partial charge in [-0.25, -0.2) is 0 Å². The molecule has 0 saturated carbocycles. The second kappa shape index (κ2) is 6.89. The molecule has 0 bridgehead atoms. The molecule has 2 aromatic rings. The van der Waals surface area contributed by atoms with Gasteiger partial charge in [-0.05, 0) is 30.0 Å². The van der Waals surface area contributed by atoms with Crippen molar-refractivity contribution in [1.29, 1.82) is 0 Å². The smallest absolute Gasteiger partial charge is 0.295 e. The lowest BCUT2D eigenvalue weighted by atomic mass is 10.2. The molecule has 22 heavy (non-hydrogen) atoms. The summed E-state index contributed by atoms with van der Waals surface area (Å²) >= 11 is 1.31. The van der Waals surface area contributed by atoms with Gasteiger partial charge in [-0.15, -0.1) is 11.3 Å². The lowest BCUT2D eigenvalue weighted by Crippen LogP contribution is -2.39. The number of Topliss-reactive ketones (excluding diaryl/α,β-unsaturated/α-hetero) is 1. The zero-order chi connectivity index (χ0) is 15.4. The summed E-state index contributed by atoms with van der Waals surface area (Å²) in [7, 11) is 0. The van der Waals surface area contributed by atoms with Crippen LogP contribution in [0.2, 0.25) is 0 Å². The van der Waals surface area contributed by atoms with E-state index >= 15 is 0 Å². The Bertz CT molecular complexity index is 622. The van der Waals surface area contributed by atoms with Gasteiger partial charge in [0.1, 0.15) is 5.76 Å². The third-order valence-corrected chi connectivity index (χ3v) is 4.64. The number of carbonyl (C=O) groups is 2. The van der Waals surface area contributed by atoms with E-state index in [9.17, 15) is 9.59 Å². The molecule has 0 atom stereocenters. The van der Waals surface area contributed by atoms with Crippen LogP contribution in [-0.4, -0.2) is 47.7 Å². The molecule has 0 unspecified atom stereocenters. The fraction of sp³-hybridized carbons (Fsp3) is 0.375. The van der Waals surface area contributed by atoms with Gasteiger partial charge in [0.25, 0.3) is 11.7 Å². The first-order valence-electron chi connectivity index (χ1n) is 7.36. The summed E-state index contributed by atoms with van der Waals surface area (Å²) in [6, 6.07) is 7.32. The molecule has 1 aliphatic rings. The molecule has 0 aliphatic carbocycles. The van der Waals surface area contributed by atoms with Gasteiger partial charge in [0.2, 0.25) is 0 Å². The van der Waals surface area contributed by atoms with E-state index < -0.39 is 5.78 Å². The molecule has 1 amide bonds. The lowest BCUT2D eigenvalue weighted by molar-refractivity contribution is -0.126. The minimum atomic E-state index is -0.394. The number of furan rings is 1. The largest absolute Gasteiger partial charge is 0.468 e. The van der Waals surface area contributed by atoms with E-state index in [0.29, 0.717) is 18.0 Å². The van der Waals surface area contributed by atoms with Crippen molar-refractivity contribution >= 4 is 23.0 Å². The van der Waals surface area contributed by atoms with Crippen LogP contribution in [0.1, 0.15) is 21.9 Å². The van der Waals surface area contributed by atoms with Gasteiger partial charge in [-0.2, -0.15) is 0 Å². The highest BCUT2D eigenvalue weighted by molar-refractivity contribution is 7.12. The van der Waals surface area contributed by atoms with Crippen LogP contribution in [0, 0.1) is 0 Å². The van der Waals surface area contributed by atoms with Gasteiger partial charge in [-0.1, -0.05) is 6.07 Å². The predicted molar refractivity (Wildman–Crippen MR) is 83.8 cm³/mol. The first-order chi connectivity index (χ1) is 10.7. The van der Waals surface area contributed by atoms with Gasteiger partial charge >= 0.3 is 0 Å². The molecular formula is C16H18N2O3S. The molecule has 5 nitrogen and oxygen atoms in total. The monoisotopic (exact) mass is 318 g/mol. The third kappa shape index (κ3) is 3.45. The van der Waals surface area contributed by atoms with E-state index in [1.54, 1.807) is 23.3 Å². The van der Waals surface area contributed by atoms with Crippen molar-refractivity contribution < 1.29 is 14.0 Å². The number of thiophene rings is 1. The zero-order valence-electron chi connectivity index (χ0n) is 12.2. The van der Waals surface area contributed by atoms with Crippen molar-refractivity contribution in [2.24, 2.45) is 0 Å². The summed E-state index contributed by atoms with van der Waals surface area (Å²) in [5.74, 6) is 0.145. The van der Waals surface area contributed by atoms with Crippen molar-refractivity contribution in [3.63, 3.8) is 0 Å². The van der Waals surface area contributed by atoms with E-state index in [0.717, 1.165) is 31.8 Å². The van der Waals surface area contributed by atoms with Crippen molar-refractivity contribution in [2.45, 2.75) is 13.0 Å². The minimum absolute atomic E-state index is 0.387. The highest BCUT2D eigenvalue weighted by atomic mass is 32.1. The molecule has 3 rings (SSSR count). The fourth-order valence-corrected chi connectivity index (χ4v) is 3.27. The van der Waals surface area contributed by atoms with E-state index in [4.69, 9.17) is 4.42 Å². The Kier molecular flexibility index (Phi) is 4.70. The Balaban J connectivity index is 1.58. The fourth-order valence-electron chi connectivity index (χ4n) is 2.61. The molecule has 0 spiro atoms. The van der Waals surface area contributed by atoms with E-state index in [1.807, 2.05) is 17.5 Å². The number of nitrogens with zero attached hydrogens (tertiary/aromatic N) is 2. The summed E-state index contributed by atoms with van der Waals surface area (Å²) in [6.45, 7) is 3.61. The summed E-state index contributed by atoms with van der Waals surface area (Å²) in [4.78, 5) is 28.9. The second-order valence-electron chi connectivity index (χ2n) is 5.31. The average molecular weight is 318 g/mol. The van der Waals surface area contributed by atoms with Gasteiger partial charge in [0.15, 0.2) is 0 Å². The molecule has 116 valence electrons. The van der Waals surface area contributed by atoms with Gasteiger partial charge in [0, 0.05) is 26.2 Å². The molecular weight excluding hydrogens is 300 g/mol. The molecule has 0 radical (unpaired) electrons. The van der Waals surface area contributed by atoms with Gasteiger partial charge in [0.05, 0.1) is 17.7 Å². The SMILES string of the molecule is O=C(C(=O)N1CCCN(Cc2ccco2)CC1)c1cccs1. The maximum atomic E-state index is 12.3. The average Bonchev–Trinajstić information content (AvgIpc) is 3.18. The van der Waals surface area contributed by atoms with Crippen molar-refractivity contribution in [3.05, 3.63) is 46.5 Å². The van der Waals surface area contributed by atoms with Crippen LogP contribution in [0.4, 0.5) is 0 Å². The van der Waals surface area contributed by atoms with E-state index in [1.165, 1.54) is 11.3 Å². The topological polar surface area (TPSA) is 53.8 Å². The highest BCUT2D eigenvalue weighted by Crippen LogP contribution is 2.13. The highest BCUT2D eigenvalue weighted by Gasteiger charge is 2.26. The maximum absolute atomic E-state index is 12.3. The molecule has 0 aromatic carbocycles. The van der Waals surface area contributed by atoms with Crippen molar-refractivity contribution in [3.8, 4) is 0 Å². The standard InChI is InChI=1S/C16H18N2O3S/c19-15(14-5-2-11-22-14)16(20)18-7-3-6-17(8-9-18)12-13-4-1-10-21-13/h1-2,4-5,10-11H,3,6-9,12H2. The lowest BCUT2D eigenvalue weighted by Gasteiger charge is -2.20. The Morgan fingerprint density at radius 1 is 1.14 bits per heavy atom. The Morgan fingerprint density at radius 2 is 2.05 bits per heavy atom. The number of amides is 1. The van der Waals surface area contributed by atoms with E-state index in [-0.39, 0.29) is 5.91 Å². The number of hydrogen-bond donors (Lipinski definition) is 0. The summed E-state index contributed by atoms with van der Waals surface area (Å²) in [5, 5.41) is 1.81. The quantitative estimate of drug-likeness (QED) is 0.641. The summed E-state index contributed by atoms with van der Waals surface area (Å²) < 4.78 is 5.36. The molecule has 0 N–H and O–H groups in total. The number of hydrogen-bond acceptors (Lipinski definition) is 5. The van der Waals surface area contributed by atoms with Crippen LogP contribution in [0.3, 0.4) is 0 Å². The van der Waals surface area contributed by atoms with Crippen LogP contribution in [0.5, 0.6) is 0 Å². The Hall–Kier alpha value is -1.92. The molecule has 6 heteroatoms. The van der Waals surface area contributed by atoms with Crippen molar-refractivity contribution in [1.82, 2.24) is 9.80 Å². The Morgan fingerprint density at radius 3 is 2.77 bits per heavy atom. The minimum Gasteiger partial charge on any atom is -0.468 e. The second-order valence-corrected chi connectivity index (χ2v) is 6.26. The van der Waals surface area contributed by atoms with Crippen LogP contribution in [0.15, 0.2) is 40.3 Å². The van der Waals surface area contributed by atoms with E-state index in [2.05, 4.69) is 4.90 Å². The Labute approximate surface area is 133 Å². The first-order valence-corrected chi connectivity index (χ1v) is 8.24. The number of ketones is 1. The molecule has 1 fully saturated rings. The van der Waals surface area contributed by atoms with Crippen LogP contribution >= 0.6 is 11.3 Å². The maximum Gasteiger partial charge on any atom is 0.295 e. The van der Waals surface area contributed by atoms with Crippen LogP contribution in [-0.2, 0) is 11.3 Å². The summed E-state index contributed by atoms with van der Waals surface area (Å²) in [6.07, 6.45) is 2.53. The number of carbonyl (C=O) groups excluding carboxylic acids is 2. The molecule has 1 saturated heterocycles. The molecule has 2 aromatic heterocycles.